The second-order valence-electron chi connectivity index (χ2n) is 6.14. The number of methoxy groups -OCH3 is 1. The number of allylic oxidation sites excluding steroid dienone is 2. The Bertz CT molecular complexity index is 1030. The van der Waals surface area contributed by atoms with E-state index in [2.05, 4.69) is 4.98 Å². The molecule has 0 saturated carbocycles. The molecule has 6 nitrogen and oxygen atoms in total. The monoisotopic (exact) mass is 391 g/mol. The van der Waals surface area contributed by atoms with Gasteiger partial charge in [-0.05, 0) is 36.8 Å². The SMILES string of the molecule is COc1cc(/C=C/C=C/C(=O)O)ccc1OCc1nc(-c2ccccc2)oc1C. The van der Waals surface area contributed by atoms with Crippen LogP contribution < -0.4 is 9.47 Å². The van der Waals surface area contributed by atoms with Gasteiger partial charge in [-0.15, -0.1) is 0 Å². The van der Waals surface area contributed by atoms with Gasteiger partial charge >= 0.3 is 5.97 Å². The third-order valence-corrected chi connectivity index (χ3v) is 4.10. The Morgan fingerprint density at radius 3 is 2.66 bits per heavy atom. The third kappa shape index (κ3) is 5.35. The van der Waals surface area contributed by atoms with Crippen molar-refractivity contribution in [1.29, 1.82) is 0 Å². The quantitative estimate of drug-likeness (QED) is 0.435. The number of benzene rings is 2. The zero-order valence-corrected chi connectivity index (χ0v) is 16.2. The Balaban J connectivity index is 1.71. The average molecular weight is 391 g/mol. The Hall–Kier alpha value is -3.80. The van der Waals surface area contributed by atoms with E-state index in [1.165, 1.54) is 6.08 Å². The number of carboxylic acids is 1. The Morgan fingerprint density at radius 1 is 1.14 bits per heavy atom. The van der Waals surface area contributed by atoms with Crippen LogP contribution in [0.4, 0.5) is 0 Å². The van der Waals surface area contributed by atoms with Crippen molar-refractivity contribution in [2.24, 2.45) is 0 Å². The first-order chi connectivity index (χ1) is 14.1. The largest absolute Gasteiger partial charge is 0.493 e. The van der Waals surface area contributed by atoms with Crippen LogP contribution in [0.5, 0.6) is 11.5 Å². The molecule has 3 rings (SSSR count). The molecule has 0 amide bonds. The van der Waals surface area contributed by atoms with E-state index in [4.69, 9.17) is 19.0 Å². The molecule has 1 N–H and O–H groups in total. The van der Waals surface area contributed by atoms with Crippen LogP contribution in [0, 0.1) is 6.92 Å². The molecule has 1 aromatic heterocycles. The molecule has 0 spiro atoms. The first kappa shape index (κ1) is 19.9. The number of rotatable bonds is 8. The molecule has 0 atom stereocenters. The van der Waals surface area contributed by atoms with Crippen LogP contribution in [0.2, 0.25) is 0 Å². The van der Waals surface area contributed by atoms with Crippen molar-refractivity contribution in [3.8, 4) is 23.0 Å². The minimum Gasteiger partial charge on any atom is -0.493 e. The van der Waals surface area contributed by atoms with Crippen LogP contribution in [-0.2, 0) is 11.4 Å². The summed E-state index contributed by atoms with van der Waals surface area (Å²) in [6, 6.07) is 15.2. The Kier molecular flexibility index (Phi) is 6.47. The van der Waals surface area contributed by atoms with E-state index in [0.29, 0.717) is 28.8 Å². The highest BCUT2D eigenvalue weighted by Gasteiger charge is 2.13. The van der Waals surface area contributed by atoms with Crippen LogP contribution >= 0.6 is 0 Å². The van der Waals surface area contributed by atoms with E-state index in [1.807, 2.05) is 49.4 Å². The molecule has 0 saturated heterocycles. The molecular weight excluding hydrogens is 370 g/mol. The lowest BCUT2D eigenvalue weighted by Crippen LogP contribution is -1.99. The Morgan fingerprint density at radius 2 is 1.93 bits per heavy atom. The van der Waals surface area contributed by atoms with Gasteiger partial charge in [0.1, 0.15) is 18.1 Å². The molecule has 148 valence electrons. The number of aliphatic carboxylic acids is 1. The molecule has 0 radical (unpaired) electrons. The number of hydrogen-bond donors (Lipinski definition) is 1. The summed E-state index contributed by atoms with van der Waals surface area (Å²) in [5.74, 6) is 1.42. The van der Waals surface area contributed by atoms with Crippen molar-refractivity contribution in [3.05, 3.63) is 83.8 Å². The van der Waals surface area contributed by atoms with Crippen molar-refractivity contribution in [2.75, 3.05) is 7.11 Å². The number of carbonyl (C=O) groups is 1. The number of hydrogen-bond acceptors (Lipinski definition) is 5. The molecule has 1 heterocycles. The number of nitrogens with zero attached hydrogens (tertiary/aromatic N) is 1. The smallest absolute Gasteiger partial charge is 0.328 e. The second-order valence-corrected chi connectivity index (χ2v) is 6.14. The maximum atomic E-state index is 10.5. The van der Waals surface area contributed by atoms with Gasteiger partial charge < -0.3 is 19.0 Å². The van der Waals surface area contributed by atoms with Crippen molar-refractivity contribution >= 4 is 12.0 Å². The van der Waals surface area contributed by atoms with Gasteiger partial charge in [0, 0.05) is 11.6 Å². The van der Waals surface area contributed by atoms with E-state index >= 15 is 0 Å². The Labute approximate surface area is 168 Å². The number of carboxylic acid groups (broad SMARTS) is 1. The lowest BCUT2D eigenvalue weighted by molar-refractivity contribution is -0.131. The summed E-state index contributed by atoms with van der Waals surface area (Å²) in [5.41, 5.74) is 2.48. The van der Waals surface area contributed by atoms with Gasteiger partial charge in [-0.25, -0.2) is 9.78 Å². The van der Waals surface area contributed by atoms with E-state index in [9.17, 15) is 4.79 Å². The molecule has 0 unspecified atom stereocenters. The number of aryl methyl sites for hydroxylation is 1. The predicted molar refractivity (Wildman–Crippen MR) is 110 cm³/mol. The van der Waals surface area contributed by atoms with E-state index in [-0.39, 0.29) is 6.61 Å². The molecule has 29 heavy (non-hydrogen) atoms. The van der Waals surface area contributed by atoms with Gasteiger partial charge in [0.05, 0.1) is 7.11 Å². The van der Waals surface area contributed by atoms with Gasteiger partial charge in [-0.2, -0.15) is 0 Å². The van der Waals surface area contributed by atoms with Gasteiger partial charge in [-0.3, -0.25) is 0 Å². The molecule has 2 aromatic carbocycles. The summed E-state index contributed by atoms with van der Waals surface area (Å²) in [6.45, 7) is 2.10. The average Bonchev–Trinajstić information content (AvgIpc) is 3.11. The summed E-state index contributed by atoms with van der Waals surface area (Å²) in [4.78, 5) is 15.0. The molecule has 0 fully saturated rings. The summed E-state index contributed by atoms with van der Waals surface area (Å²) in [5, 5.41) is 8.60. The summed E-state index contributed by atoms with van der Waals surface area (Å²) in [7, 11) is 1.56. The summed E-state index contributed by atoms with van der Waals surface area (Å²) < 4.78 is 17.1. The van der Waals surface area contributed by atoms with Crippen molar-refractivity contribution in [3.63, 3.8) is 0 Å². The molecule has 0 bridgehead atoms. The molecule has 0 aliphatic carbocycles. The maximum absolute atomic E-state index is 10.5. The first-order valence-corrected chi connectivity index (χ1v) is 8.97. The molecular formula is C23H21NO5. The molecule has 6 heteroatoms. The highest BCUT2D eigenvalue weighted by atomic mass is 16.5. The van der Waals surface area contributed by atoms with Crippen molar-refractivity contribution in [1.82, 2.24) is 4.98 Å². The molecule has 3 aromatic rings. The van der Waals surface area contributed by atoms with Crippen molar-refractivity contribution in [2.45, 2.75) is 13.5 Å². The van der Waals surface area contributed by atoms with Crippen LogP contribution in [0.15, 0.2) is 71.2 Å². The fraction of sp³-hybridized carbons (Fsp3) is 0.130. The molecule has 0 aliphatic rings. The highest BCUT2D eigenvalue weighted by molar-refractivity contribution is 5.80. The summed E-state index contributed by atoms with van der Waals surface area (Å²) >= 11 is 0. The maximum Gasteiger partial charge on any atom is 0.328 e. The molecule has 0 aliphatic heterocycles. The minimum absolute atomic E-state index is 0.245. The zero-order valence-electron chi connectivity index (χ0n) is 16.2. The third-order valence-electron chi connectivity index (χ3n) is 4.10. The van der Waals surface area contributed by atoms with Crippen molar-refractivity contribution < 1.29 is 23.8 Å². The van der Waals surface area contributed by atoms with Crippen LogP contribution in [0.3, 0.4) is 0 Å². The fourth-order valence-corrected chi connectivity index (χ4v) is 2.62. The minimum atomic E-state index is -0.991. The zero-order chi connectivity index (χ0) is 20.6. The summed E-state index contributed by atoms with van der Waals surface area (Å²) in [6.07, 6.45) is 5.94. The lowest BCUT2D eigenvalue weighted by Gasteiger charge is -2.10. The van der Waals surface area contributed by atoms with Gasteiger partial charge in [0.2, 0.25) is 5.89 Å². The van der Waals surface area contributed by atoms with E-state index in [1.54, 1.807) is 25.3 Å². The predicted octanol–water partition coefficient (Wildman–Crippen LogP) is 4.89. The second kappa shape index (κ2) is 9.41. The van der Waals surface area contributed by atoms with E-state index in [0.717, 1.165) is 17.2 Å². The highest BCUT2D eigenvalue weighted by Crippen LogP contribution is 2.30. The van der Waals surface area contributed by atoms with Crippen LogP contribution in [0.25, 0.3) is 17.5 Å². The number of aromatic nitrogens is 1. The van der Waals surface area contributed by atoms with Gasteiger partial charge in [0.15, 0.2) is 11.5 Å². The standard InChI is InChI=1S/C23H21NO5/c1-16-19(24-23(29-16)18-9-4-3-5-10-18)15-28-20-13-12-17(14-21(20)27-2)8-6-7-11-22(25)26/h3-14H,15H2,1-2H3,(H,25,26)/b8-6+,11-7+. The van der Waals surface area contributed by atoms with Gasteiger partial charge in [-0.1, -0.05) is 42.5 Å². The van der Waals surface area contributed by atoms with Crippen LogP contribution in [0.1, 0.15) is 17.0 Å². The fourth-order valence-electron chi connectivity index (χ4n) is 2.62. The first-order valence-electron chi connectivity index (χ1n) is 8.97. The normalized spacial score (nSPS) is 11.2. The lowest BCUT2D eigenvalue weighted by atomic mass is 10.2. The van der Waals surface area contributed by atoms with Gasteiger partial charge in [0.25, 0.3) is 0 Å². The number of ether oxygens (including phenoxy) is 2. The topological polar surface area (TPSA) is 81.8 Å². The van der Waals surface area contributed by atoms with E-state index < -0.39 is 5.97 Å². The number of oxazole rings is 1. The van der Waals surface area contributed by atoms with Crippen LogP contribution in [-0.4, -0.2) is 23.2 Å².